The van der Waals surface area contributed by atoms with Gasteiger partial charge >= 0.3 is 0 Å². The molecular formula is C14H17N3S. The minimum absolute atomic E-state index is 0.423. The molecule has 2 aromatic rings. The molecule has 0 spiro atoms. The lowest BCUT2D eigenvalue weighted by molar-refractivity contribution is 0.865. The topological polar surface area (TPSA) is 54.7 Å². The molecule has 0 saturated heterocycles. The molecule has 2 rings (SSSR count). The number of nitrogens with two attached hydrogens (primary N) is 1. The molecule has 1 aromatic heterocycles. The summed E-state index contributed by atoms with van der Waals surface area (Å²) in [6.45, 7) is 4.38. The molecule has 3 N–H and O–H groups in total. The van der Waals surface area contributed by atoms with E-state index in [1.165, 1.54) is 11.1 Å². The van der Waals surface area contributed by atoms with Crippen LogP contribution in [0.1, 0.15) is 36.5 Å². The van der Waals surface area contributed by atoms with Crippen molar-refractivity contribution < 1.29 is 0 Å². The highest BCUT2D eigenvalue weighted by atomic mass is 32.1. The first-order chi connectivity index (χ1) is 8.56. The van der Waals surface area contributed by atoms with E-state index in [9.17, 15) is 0 Å². The Morgan fingerprint density at radius 3 is 2.50 bits per heavy atom. The van der Waals surface area contributed by atoms with E-state index in [2.05, 4.69) is 48.1 Å². The molecule has 0 aliphatic heterocycles. The van der Waals surface area contributed by atoms with Crippen LogP contribution < -0.4 is 5.73 Å². The Labute approximate surface area is 112 Å². The van der Waals surface area contributed by atoms with Crippen molar-refractivity contribution in [2.45, 2.75) is 26.2 Å². The standard InChI is InChI=1S/C14H17N3S/c1-9(2)11-5-3-10(4-6-11)7-12-8-16-14(18)17-13(12)15/h3-6,8-9H,7H2,1-2H3,(H3,15,16,17,18). The number of rotatable bonds is 3. The third-order valence-electron chi connectivity index (χ3n) is 2.97. The summed E-state index contributed by atoms with van der Waals surface area (Å²) in [6, 6.07) is 8.59. The van der Waals surface area contributed by atoms with Gasteiger partial charge in [-0.3, -0.25) is 0 Å². The Hall–Kier alpha value is -1.68. The molecule has 0 aliphatic rings. The number of hydrogen-bond donors (Lipinski definition) is 2. The van der Waals surface area contributed by atoms with E-state index >= 15 is 0 Å². The van der Waals surface area contributed by atoms with Gasteiger partial charge in [0.1, 0.15) is 5.82 Å². The van der Waals surface area contributed by atoms with Crippen molar-refractivity contribution in [1.29, 1.82) is 0 Å². The SMILES string of the molecule is CC(C)c1ccc(Cc2cnc(=S)[nH]c2N)cc1. The van der Waals surface area contributed by atoms with E-state index < -0.39 is 0 Å². The van der Waals surface area contributed by atoms with E-state index in [-0.39, 0.29) is 0 Å². The van der Waals surface area contributed by atoms with Gasteiger partial charge in [0.05, 0.1) is 0 Å². The van der Waals surface area contributed by atoms with Gasteiger partial charge in [-0.1, -0.05) is 38.1 Å². The zero-order valence-electron chi connectivity index (χ0n) is 10.6. The van der Waals surface area contributed by atoms with Gasteiger partial charge in [0.25, 0.3) is 0 Å². The molecule has 0 unspecified atom stereocenters. The summed E-state index contributed by atoms with van der Waals surface area (Å²) in [5, 5.41) is 0. The molecule has 18 heavy (non-hydrogen) atoms. The lowest BCUT2D eigenvalue weighted by Gasteiger charge is -2.08. The molecule has 0 bridgehead atoms. The Bertz CT molecular complexity index is 585. The van der Waals surface area contributed by atoms with Gasteiger partial charge < -0.3 is 10.7 Å². The first-order valence-electron chi connectivity index (χ1n) is 5.99. The number of hydrogen-bond acceptors (Lipinski definition) is 3. The minimum atomic E-state index is 0.423. The molecule has 0 fully saturated rings. The van der Waals surface area contributed by atoms with E-state index in [0.717, 1.165) is 12.0 Å². The number of aromatic amines is 1. The summed E-state index contributed by atoms with van der Waals surface area (Å²) in [4.78, 5) is 6.93. The Kier molecular flexibility index (Phi) is 3.77. The highest BCUT2D eigenvalue weighted by Gasteiger charge is 2.03. The second-order valence-corrected chi connectivity index (χ2v) is 5.09. The first kappa shape index (κ1) is 12.8. The predicted octanol–water partition coefficient (Wildman–Crippen LogP) is 3.44. The second-order valence-electron chi connectivity index (χ2n) is 4.70. The third kappa shape index (κ3) is 2.96. The maximum absolute atomic E-state index is 5.89. The van der Waals surface area contributed by atoms with Gasteiger partial charge in [-0.05, 0) is 29.3 Å². The van der Waals surface area contributed by atoms with Crippen LogP contribution >= 0.6 is 12.2 Å². The fourth-order valence-corrected chi connectivity index (χ4v) is 1.98. The molecule has 0 aliphatic carbocycles. The lowest BCUT2D eigenvalue weighted by atomic mass is 9.99. The van der Waals surface area contributed by atoms with Crippen LogP contribution in [0.25, 0.3) is 0 Å². The monoisotopic (exact) mass is 259 g/mol. The largest absolute Gasteiger partial charge is 0.385 e. The lowest BCUT2D eigenvalue weighted by Crippen LogP contribution is -2.00. The summed E-state index contributed by atoms with van der Waals surface area (Å²) < 4.78 is 0.423. The van der Waals surface area contributed by atoms with E-state index in [1.807, 2.05) is 0 Å². The summed E-state index contributed by atoms with van der Waals surface area (Å²) >= 11 is 4.92. The number of nitrogens with zero attached hydrogens (tertiary/aromatic N) is 1. The van der Waals surface area contributed by atoms with Crippen LogP contribution in [-0.4, -0.2) is 9.97 Å². The normalized spacial score (nSPS) is 10.8. The van der Waals surface area contributed by atoms with Crippen LogP contribution in [0.5, 0.6) is 0 Å². The van der Waals surface area contributed by atoms with Gasteiger partial charge in [-0.25, -0.2) is 4.98 Å². The molecule has 3 nitrogen and oxygen atoms in total. The Balaban J connectivity index is 2.21. The number of anilines is 1. The quantitative estimate of drug-likeness (QED) is 0.830. The maximum atomic E-state index is 5.89. The van der Waals surface area contributed by atoms with Crippen molar-refractivity contribution in [2.24, 2.45) is 0 Å². The fourth-order valence-electron chi connectivity index (χ4n) is 1.82. The number of nitrogen functional groups attached to an aromatic ring is 1. The molecular weight excluding hydrogens is 242 g/mol. The van der Waals surface area contributed by atoms with E-state index in [1.54, 1.807) is 6.20 Å². The number of H-pyrrole nitrogens is 1. The van der Waals surface area contributed by atoms with Crippen molar-refractivity contribution in [2.75, 3.05) is 5.73 Å². The summed E-state index contributed by atoms with van der Waals surface area (Å²) in [7, 11) is 0. The van der Waals surface area contributed by atoms with E-state index in [4.69, 9.17) is 18.0 Å². The second kappa shape index (κ2) is 5.31. The van der Waals surface area contributed by atoms with Gasteiger partial charge in [-0.2, -0.15) is 0 Å². The van der Waals surface area contributed by atoms with Crippen LogP contribution in [0, 0.1) is 4.77 Å². The number of aromatic nitrogens is 2. The fraction of sp³-hybridized carbons (Fsp3) is 0.286. The van der Waals surface area contributed by atoms with Crippen molar-refractivity contribution >= 4 is 18.0 Å². The van der Waals surface area contributed by atoms with Crippen LogP contribution in [-0.2, 0) is 6.42 Å². The molecule has 0 amide bonds. The zero-order chi connectivity index (χ0) is 13.1. The van der Waals surface area contributed by atoms with Crippen LogP contribution in [0.2, 0.25) is 0 Å². The molecule has 1 heterocycles. The minimum Gasteiger partial charge on any atom is -0.385 e. The number of nitrogens with one attached hydrogen (secondary N) is 1. The molecule has 0 atom stereocenters. The van der Waals surface area contributed by atoms with Crippen molar-refractivity contribution in [3.05, 3.63) is 51.9 Å². The molecule has 4 heteroatoms. The number of benzene rings is 1. The highest BCUT2D eigenvalue weighted by molar-refractivity contribution is 7.71. The Morgan fingerprint density at radius 2 is 1.94 bits per heavy atom. The molecule has 94 valence electrons. The maximum Gasteiger partial charge on any atom is 0.198 e. The van der Waals surface area contributed by atoms with Gasteiger partial charge in [0.2, 0.25) is 0 Å². The molecule has 1 aromatic carbocycles. The van der Waals surface area contributed by atoms with Gasteiger partial charge in [0, 0.05) is 18.2 Å². The summed E-state index contributed by atoms with van der Waals surface area (Å²) in [5.41, 5.74) is 9.42. The first-order valence-corrected chi connectivity index (χ1v) is 6.39. The smallest absolute Gasteiger partial charge is 0.198 e. The Morgan fingerprint density at radius 1 is 1.28 bits per heavy atom. The molecule has 0 saturated carbocycles. The van der Waals surface area contributed by atoms with Crippen molar-refractivity contribution in [3.63, 3.8) is 0 Å². The molecule has 0 radical (unpaired) electrons. The highest BCUT2D eigenvalue weighted by Crippen LogP contribution is 2.17. The summed E-state index contributed by atoms with van der Waals surface area (Å²) in [5.74, 6) is 1.15. The summed E-state index contributed by atoms with van der Waals surface area (Å²) in [6.07, 6.45) is 2.51. The van der Waals surface area contributed by atoms with Gasteiger partial charge in [0.15, 0.2) is 4.77 Å². The predicted molar refractivity (Wildman–Crippen MR) is 77.2 cm³/mol. The average Bonchev–Trinajstić information content (AvgIpc) is 2.33. The van der Waals surface area contributed by atoms with Gasteiger partial charge in [-0.15, -0.1) is 0 Å². The van der Waals surface area contributed by atoms with Crippen LogP contribution in [0.4, 0.5) is 5.82 Å². The van der Waals surface area contributed by atoms with Crippen molar-refractivity contribution in [1.82, 2.24) is 9.97 Å². The van der Waals surface area contributed by atoms with Crippen molar-refractivity contribution in [3.8, 4) is 0 Å². The third-order valence-corrected chi connectivity index (χ3v) is 3.17. The van der Waals surface area contributed by atoms with Crippen LogP contribution in [0.3, 0.4) is 0 Å². The zero-order valence-corrected chi connectivity index (χ0v) is 11.4. The van der Waals surface area contributed by atoms with Crippen LogP contribution in [0.15, 0.2) is 30.5 Å². The van der Waals surface area contributed by atoms with E-state index in [0.29, 0.717) is 16.5 Å². The average molecular weight is 259 g/mol.